The molecule has 0 bridgehead atoms. The Morgan fingerprint density at radius 2 is 2.00 bits per heavy atom. The van der Waals surface area contributed by atoms with Crippen LogP contribution in [0.2, 0.25) is 0 Å². The number of hydrogen-bond donors (Lipinski definition) is 1. The maximum absolute atomic E-state index is 4.31. The number of nitrogens with zero attached hydrogens (tertiary/aromatic N) is 1. The minimum Gasteiger partial charge on any atom is -0.376 e. The molecule has 2 heterocycles. The largest absolute Gasteiger partial charge is 0.376 e. The molecule has 0 aliphatic rings. The Kier molecular flexibility index (Phi) is 3.22. The zero-order valence-corrected chi connectivity index (χ0v) is 11.9. The first-order valence-electron chi connectivity index (χ1n) is 6.40. The summed E-state index contributed by atoms with van der Waals surface area (Å²) in [7, 11) is 0. The molecular formula is C16H16N2S. The molecule has 0 spiro atoms. The summed E-state index contributed by atoms with van der Waals surface area (Å²) in [5.41, 5.74) is 2.11. The van der Waals surface area contributed by atoms with E-state index in [0.29, 0.717) is 6.04 Å². The molecule has 19 heavy (non-hydrogen) atoms. The zero-order valence-electron chi connectivity index (χ0n) is 11.1. The van der Waals surface area contributed by atoms with Gasteiger partial charge in [0.1, 0.15) is 0 Å². The lowest BCUT2D eigenvalue weighted by molar-refractivity contribution is 0.906. The number of rotatable bonds is 3. The first kappa shape index (κ1) is 12.2. The molecule has 2 aromatic heterocycles. The molecule has 2 nitrogen and oxygen atoms in total. The molecule has 0 saturated carbocycles. The van der Waals surface area contributed by atoms with Crippen molar-refractivity contribution in [2.75, 3.05) is 5.32 Å². The SMILES string of the molecule is Cc1ccc(NC(C)c2cc3ccccc3s2)cn1. The van der Waals surface area contributed by atoms with E-state index in [-0.39, 0.29) is 0 Å². The Morgan fingerprint density at radius 1 is 1.16 bits per heavy atom. The van der Waals surface area contributed by atoms with Gasteiger partial charge in [-0.15, -0.1) is 11.3 Å². The van der Waals surface area contributed by atoms with Crippen molar-refractivity contribution in [2.24, 2.45) is 0 Å². The van der Waals surface area contributed by atoms with Gasteiger partial charge in [0.25, 0.3) is 0 Å². The monoisotopic (exact) mass is 268 g/mol. The third-order valence-electron chi connectivity index (χ3n) is 3.17. The molecule has 1 aromatic carbocycles. The van der Waals surface area contributed by atoms with Crippen LogP contribution in [-0.2, 0) is 0 Å². The molecule has 0 aliphatic heterocycles. The van der Waals surface area contributed by atoms with E-state index in [2.05, 4.69) is 53.6 Å². The quantitative estimate of drug-likeness (QED) is 0.739. The maximum atomic E-state index is 4.31. The van der Waals surface area contributed by atoms with Gasteiger partial charge < -0.3 is 5.32 Å². The van der Waals surface area contributed by atoms with Gasteiger partial charge in [0, 0.05) is 15.3 Å². The number of nitrogens with one attached hydrogen (secondary N) is 1. The van der Waals surface area contributed by atoms with Gasteiger partial charge in [0.15, 0.2) is 0 Å². The van der Waals surface area contributed by atoms with Crippen molar-refractivity contribution >= 4 is 27.1 Å². The van der Waals surface area contributed by atoms with Gasteiger partial charge in [-0.1, -0.05) is 18.2 Å². The van der Waals surface area contributed by atoms with Crippen molar-refractivity contribution in [1.29, 1.82) is 0 Å². The second-order valence-electron chi connectivity index (χ2n) is 4.74. The summed E-state index contributed by atoms with van der Waals surface area (Å²) in [6.07, 6.45) is 1.89. The van der Waals surface area contributed by atoms with E-state index < -0.39 is 0 Å². The number of anilines is 1. The van der Waals surface area contributed by atoms with Crippen LogP contribution in [0.4, 0.5) is 5.69 Å². The van der Waals surface area contributed by atoms with Crippen LogP contribution in [0.1, 0.15) is 23.5 Å². The van der Waals surface area contributed by atoms with Gasteiger partial charge in [-0.2, -0.15) is 0 Å². The summed E-state index contributed by atoms with van der Waals surface area (Å²) in [6, 6.07) is 15.2. The van der Waals surface area contributed by atoms with E-state index in [0.717, 1.165) is 11.4 Å². The lowest BCUT2D eigenvalue weighted by Gasteiger charge is -2.13. The fourth-order valence-electron chi connectivity index (χ4n) is 2.09. The predicted octanol–water partition coefficient (Wildman–Crippen LogP) is 4.78. The van der Waals surface area contributed by atoms with E-state index in [9.17, 15) is 0 Å². The van der Waals surface area contributed by atoms with Crippen LogP contribution in [0.5, 0.6) is 0 Å². The number of fused-ring (bicyclic) bond motifs is 1. The van der Waals surface area contributed by atoms with Crippen LogP contribution in [0.25, 0.3) is 10.1 Å². The maximum Gasteiger partial charge on any atom is 0.0579 e. The van der Waals surface area contributed by atoms with E-state index in [1.165, 1.54) is 15.0 Å². The molecule has 96 valence electrons. The first-order chi connectivity index (χ1) is 9.22. The average Bonchev–Trinajstić information content (AvgIpc) is 2.85. The molecule has 1 unspecified atom stereocenters. The van der Waals surface area contributed by atoms with Crippen LogP contribution in [0, 0.1) is 6.92 Å². The molecule has 1 atom stereocenters. The highest BCUT2D eigenvalue weighted by atomic mass is 32.1. The van der Waals surface area contributed by atoms with Crippen molar-refractivity contribution in [3.8, 4) is 0 Å². The molecule has 0 radical (unpaired) electrons. The number of aromatic nitrogens is 1. The molecule has 0 amide bonds. The van der Waals surface area contributed by atoms with Crippen molar-refractivity contribution in [2.45, 2.75) is 19.9 Å². The fourth-order valence-corrected chi connectivity index (χ4v) is 3.16. The van der Waals surface area contributed by atoms with Crippen LogP contribution in [0.15, 0.2) is 48.7 Å². The minimum atomic E-state index is 0.293. The second kappa shape index (κ2) is 5.02. The molecular weight excluding hydrogens is 252 g/mol. The number of hydrogen-bond acceptors (Lipinski definition) is 3. The fraction of sp³-hybridized carbons (Fsp3) is 0.188. The predicted molar refractivity (Wildman–Crippen MR) is 82.8 cm³/mol. The standard InChI is InChI=1S/C16H16N2S/c1-11-7-8-14(10-17-11)18-12(2)16-9-13-5-3-4-6-15(13)19-16/h3-10,12,18H,1-2H3. The topological polar surface area (TPSA) is 24.9 Å². The number of thiophene rings is 1. The van der Waals surface area contributed by atoms with Gasteiger partial charge in [0.2, 0.25) is 0 Å². The normalized spacial score (nSPS) is 12.5. The third kappa shape index (κ3) is 2.61. The van der Waals surface area contributed by atoms with Gasteiger partial charge in [-0.05, 0) is 43.5 Å². The smallest absolute Gasteiger partial charge is 0.0579 e. The van der Waals surface area contributed by atoms with Gasteiger partial charge in [-0.3, -0.25) is 4.98 Å². The Hall–Kier alpha value is -1.87. The molecule has 0 saturated heterocycles. The Bertz CT molecular complexity index is 652. The summed E-state index contributed by atoms with van der Waals surface area (Å²) < 4.78 is 1.34. The molecule has 3 heteroatoms. The van der Waals surface area contributed by atoms with Crippen LogP contribution in [0.3, 0.4) is 0 Å². The third-order valence-corrected chi connectivity index (χ3v) is 4.46. The highest BCUT2D eigenvalue weighted by Gasteiger charge is 2.09. The second-order valence-corrected chi connectivity index (χ2v) is 5.86. The number of pyridine rings is 1. The molecule has 0 fully saturated rings. The lowest BCUT2D eigenvalue weighted by atomic mass is 10.2. The van der Waals surface area contributed by atoms with E-state index >= 15 is 0 Å². The summed E-state index contributed by atoms with van der Waals surface area (Å²) in [5.74, 6) is 0. The number of benzene rings is 1. The zero-order chi connectivity index (χ0) is 13.2. The van der Waals surface area contributed by atoms with Crippen molar-refractivity contribution < 1.29 is 0 Å². The molecule has 0 aliphatic carbocycles. The first-order valence-corrected chi connectivity index (χ1v) is 7.22. The summed E-state index contributed by atoms with van der Waals surface area (Å²) in [5, 5.41) is 4.81. The lowest BCUT2D eigenvalue weighted by Crippen LogP contribution is -2.04. The van der Waals surface area contributed by atoms with Gasteiger partial charge in [0.05, 0.1) is 17.9 Å². The average molecular weight is 268 g/mol. The van der Waals surface area contributed by atoms with Crippen LogP contribution >= 0.6 is 11.3 Å². The molecule has 3 aromatic rings. The summed E-state index contributed by atoms with van der Waals surface area (Å²) >= 11 is 1.84. The van der Waals surface area contributed by atoms with E-state index in [1.54, 1.807) is 0 Å². The highest BCUT2D eigenvalue weighted by molar-refractivity contribution is 7.19. The Labute approximate surface area is 117 Å². The van der Waals surface area contributed by atoms with Gasteiger partial charge >= 0.3 is 0 Å². The molecule has 3 rings (SSSR count). The number of aryl methyl sites for hydroxylation is 1. The van der Waals surface area contributed by atoms with Crippen LogP contribution in [-0.4, -0.2) is 4.98 Å². The minimum absolute atomic E-state index is 0.293. The van der Waals surface area contributed by atoms with Crippen molar-refractivity contribution in [1.82, 2.24) is 4.98 Å². The van der Waals surface area contributed by atoms with E-state index in [1.807, 2.05) is 30.5 Å². The van der Waals surface area contributed by atoms with Crippen molar-refractivity contribution in [3.63, 3.8) is 0 Å². The van der Waals surface area contributed by atoms with Gasteiger partial charge in [-0.25, -0.2) is 0 Å². The Balaban J connectivity index is 1.83. The van der Waals surface area contributed by atoms with Crippen molar-refractivity contribution in [3.05, 3.63) is 59.2 Å². The van der Waals surface area contributed by atoms with Crippen LogP contribution < -0.4 is 5.32 Å². The molecule has 1 N–H and O–H groups in total. The summed E-state index contributed by atoms with van der Waals surface area (Å²) in [6.45, 7) is 4.18. The Morgan fingerprint density at radius 3 is 2.74 bits per heavy atom. The van der Waals surface area contributed by atoms with E-state index in [4.69, 9.17) is 0 Å². The summed E-state index contributed by atoms with van der Waals surface area (Å²) in [4.78, 5) is 5.66. The highest BCUT2D eigenvalue weighted by Crippen LogP contribution is 2.31.